The van der Waals surface area contributed by atoms with Gasteiger partial charge in [-0.2, -0.15) is 15.0 Å². The smallest absolute Gasteiger partial charge is 0.240 e. The van der Waals surface area contributed by atoms with Gasteiger partial charge in [-0.3, -0.25) is 9.59 Å². The largest absolute Gasteiger partial charge is 0.368 e. The molecule has 0 saturated carbocycles. The lowest BCUT2D eigenvalue weighted by Gasteiger charge is -2.20. The summed E-state index contributed by atoms with van der Waals surface area (Å²) >= 11 is 5.94. The van der Waals surface area contributed by atoms with Gasteiger partial charge in [-0.05, 0) is 23.1 Å². The van der Waals surface area contributed by atoms with Crippen LogP contribution in [0.15, 0.2) is 30.3 Å². The Hall–Kier alpha value is -2.94. The SMILES string of the molecule is CC(C)C(Nc1nc(Cl)nc(NC(Cc2ccccc2)C(N)=O)n1)C(N)=O. The summed E-state index contributed by atoms with van der Waals surface area (Å²) in [6.45, 7) is 3.65. The summed E-state index contributed by atoms with van der Waals surface area (Å²) in [4.78, 5) is 35.4. The maximum Gasteiger partial charge on any atom is 0.240 e. The van der Waals surface area contributed by atoms with E-state index in [-0.39, 0.29) is 23.1 Å². The number of nitrogens with two attached hydrogens (primary N) is 2. The average Bonchev–Trinajstić information content (AvgIpc) is 2.59. The van der Waals surface area contributed by atoms with E-state index in [1.165, 1.54) is 0 Å². The first-order chi connectivity index (χ1) is 12.8. The Morgan fingerprint density at radius 1 is 1.00 bits per heavy atom. The number of primary amides is 2. The second kappa shape index (κ2) is 9.13. The summed E-state index contributed by atoms with van der Waals surface area (Å²) < 4.78 is 0. The quantitative estimate of drug-likeness (QED) is 0.497. The van der Waals surface area contributed by atoms with Crippen LogP contribution in [0.2, 0.25) is 5.28 Å². The van der Waals surface area contributed by atoms with Crippen molar-refractivity contribution in [3.05, 3.63) is 41.2 Å². The zero-order valence-corrected chi connectivity index (χ0v) is 15.8. The van der Waals surface area contributed by atoms with Crippen molar-refractivity contribution >= 4 is 35.3 Å². The van der Waals surface area contributed by atoms with Crippen LogP contribution in [0.3, 0.4) is 0 Å². The summed E-state index contributed by atoms with van der Waals surface area (Å²) in [6.07, 6.45) is 0.345. The Balaban J connectivity index is 2.20. The van der Waals surface area contributed by atoms with Gasteiger partial charge in [0.05, 0.1) is 0 Å². The number of amides is 2. The molecule has 0 spiro atoms. The third kappa shape index (κ3) is 6.07. The number of carbonyl (C=O) groups excluding carboxylic acids is 2. The van der Waals surface area contributed by atoms with Gasteiger partial charge < -0.3 is 22.1 Å². The molecule has 0 saturated heterocycles. The Kier molecular flexibility index (Phi) is 6.89. The number of hydrogen-bond donors (Lipinski definition) is 4. The van der Waals surface area contributed by atoms with Crippen LogP contribution in [-0.4, -0.2) is 38.8 Å². The van der Waals surface area contributed by atoms with E-state index in [4.69, 9.17) is 23.1 Å². The highest BCUT2D eigenvalue weighted by Gasteiger charge is 2.22. The number of anilines is 2. The molecule has 27 heavy (non-hydrogen) atoms. The van der Waals surface area contributed by atoms with Crippen molar-refractivity contribution in [3.63, 3.8) is 0 Å². The molecular formula is C17H22ClN7O2. The Labute approximate surface area is 161 Å². The van der Waals surface area contributed by atoms with E-state index in [9.17, 15) is 9.59 Å². The number of hydrogen-bond acceptors (Lipinski definition) is 7. The molecule has 2 atom stereocenters. The lowest BCUT2D eigenvalue weighted by molar-refractivity contribution is -0.120. The predicted molar refractivity (Wildman–Crippen MR) is 103 cm³/mol. The standard InChI is InChI=1S/C17H22ClN7O2/c1-9(2)12(14(20)27)22-17-24-15(18)23-16(25-17)21-11(13(19)26)8-10-6-4-3-5-7-10/h3-7,9,11-12H,8H2,1-2H3,(H2,19,26)(H2,20,27)(H2,21,22,23,24,25). The topological polar surface area (TPSA) is 149 Å². The fraction of sp³-hybridized carbons (Fsp3) is 0.353. The molecule has 2 aromatic rings. The van der Waals surface area contributed by atoms with Crippen molar-refractivity contribution in [3.8, 4) is 0 Å². The molecule has 0 fully saturated rings. The van der Waals surface area contributed by atoms with Gasteiger partial charge in [0, 0.05) is 6.42 Å². The van der Waals surface area contributed by atoms with Crippen molar-refractivity contribution in [1.29, 1.82) is 0 Å². The average molecular weight is 392 g/mol. The van der Waals surface area contributed by atoms with Crippen LogP contribution in [0.5, 0.6) is 0 Å². The first-order valence-corrected chi connectivity index (χ1v) is 8.71. The van der Waals surface area contributed by atoms with Gasteiger partial charge in [0.2, 0.25) is 29.0 Å². The first-order valence-electron chi connectivity index (χ1n) is 8.33. The number of benzene rings is 1. The first kappa shape index (κ1) is 20.4. The number of halogens is 1. The highest BCUT2D eigenvalue weighted by atomic mass is 35.5. The summed E-state index contributed by atoms with van der Waals surface area (Å²) in [7, 11) is 0. The fourth-order valence-corrected chi connectivity index (χ4v) is 2.57. The molecule has 1 aromatic carbocycles. The zero-order chi connectivity index (χ0) is 20.0. The number of rotatable bonds is 9. The second-order valence-corrected chi connectivity index (χ2v) is 6.65. The Bertz CT molecular complexity index is 801. The molecule has 2 rings (SSSR count). The minimum absolute atomic E-state index is 0.0595. The number of carbonyl (C=O) groups is 2. The van der Waals surface area contributed by atoms with Gasteiger partial charge in [0.25, 0.3) is 0 Å². The molecule has 0 aliphatic rings. The molecule has 1 aromatic heterocycles. The molecule has 2 unspecified atom stereocenters. The minimum atomic E-state index is -0.754. The van der Waals surface area contributed by atoms with Gasteiger partial charge in [0.15, 0.2) is 0 Å². The summed E-state index contributed by atoms with van der Waals surface area (Å²) in [6, 6.07) is 7.93. The van der Waals surface area contributed by atoms with Crippen molar-refractivity contribution < 1.29 is 9.59 Å². The zero-order valence-electron chi connectivity index (χ0n) is 15.0. The number of nitrogens with zero attached hydrogens (tertiary/aromatic N) is 3. The lowest BCUT2D eigenvalue weighted by Crippen LogP contribution is -2.40. The van der Waals surface area contributed by atoms with E-state index in [1.807, 2.05) is 44.2 Å². The molecule has 1 heterocycles. The summed E-state index contributed by atoms with van der Waals surface area (Å²) in [5, 5.41) is 5.59. The van der Waals surface area contributed by atoms with E-state index < -0.39 is 23.9 Å². The molecule has 0 aliphatic carbocycles. The van der Waals surface area contributed by atoms with Crippen molar-refractivity contribution in [2.24, 2.45) is 17.4 Å². The molecule has 2 amide bonds. The van der Waals surface area contributed by atoms with Crippen LogP contribution < -0.4 is 22.1 Å². The maximum atomic E-state index is 11.8. The van der Waals surface area contributed by atoms with Gasteiger partial charge in [0.1, 0.15) is 12.1 Å². The highest BCUT2D eigenvalue weighted by molar-refractivity contribution is 6.28. The molecule has 6 N–H and O–H groups in total. The lowest BCUT2D eigenvalue weighted by atomic mass is 10.0. The monoisotopic (exact) mass is 391 g/mol. The van der Waals surface area contributed by atoms with Crippen molar-refractivity contribution in [1.82, 2.24) is 15.0 Å². The van der Waals surface area contributed by atoms with Crippen molar-refractivity contribution in [2.75, 3.05) is 10.6 Å². The summed E-state index contributed by atoms with van der Waals surface area (Å²) in [5.41, 5.74) is 11.8. The van der Waals surface area contributed by atoms with E-state index >= 15 is 0 Å². The van der Waals surface area contributed by atoms with E-state index in [2.05, 4.69) is 25.6 Å². The van der Waals surface area contributed by atoms with Crippen LogP contribution in [0, 0.1) is 5.92 Å². The molecule has 0 aliphatic heterocycles. The van der Waals surface area contributed by atoms with Gasteiger partial charge in [-0.1, -0.05) is 44.2 Å². The Morgan fingerprint density at radius 2 is 1.59 bits per heavy atom. The van der Waals surface area contributed by atoms with Crippen LogP contribution in [0.4, 0.5) is 11.9 Å². The molecule has 9 nitrogen and oxygen atoms in total. The van der Waals surface area contributed by atoms with Gasteiger partial charge in [-0.15, -0.1) is 0 Å². The second-order valence-electron chi connectivity index (χ2n) is 6.31. The molecule has 144 valence electrons. The number of aromatic nitrogens is 3. The third-order valence-corrected chi connectivity index (χ3v) is 3.96. The summed E-state index contributed by atoms with van der Waals surface area (Å²) in [5.74, 6) is -1.08. The number of nitrogens with one attached hydrogen (secondary N) is 2. The maximum absolute atomic E-state index is 11.8. The van der Waals surface area contributed by atoms with Crippen LogP contribution in [0.25, 0.3) is 0 Å². The molecule has 0 radical (unpaired) electrons. The normalized spacial score (nSPS) is 13.0. The van der Waals surface area contributed by atoms with Gasteiger partial charge in [-0.25, -0.2) is 0 Å². The van der Waals surface area contributed by atoms with Gasteiger partial charge >= 0.3 is 0 Å². The molecule has 10 heteroatoms. The third-order valence-electron chi connectivity index (χ3n) is 3.80. The fourth-order valence-electron chi connectivity index (χ4n) is 2.41. The minimum Gasteiger partial charge on any atom is -0.368 e. The van der Waals surface area contributed by atoms with E-state index in [0.29, 0.717) is 6.42 Å². The molecule has 0 bridgehead atoms. The van der Waals surface area contributed by atoms with Crippen LogP contribution in [0.1, 0.15) is 19.4 Å². The molecular weight excluding hydrogens is 370 g/mol. The van der Waals surface area contributed by atoms with E-state index in [0.717, 1.165) is 5.56 Å². The van der Waals surface area contributed by atoms with E-state index in [1.54, 1.807) is 0 Å². The highest BCUT2D eigenvalue weighted by Crippen LogP contribution is 2.15. The Morgan fingerprint density at radius 3 is 2.11 bits per heavy atom. The predicted octanol–water partition coefficient (Wildman–Crippen LogP) is 0.955. The van der Waals surface area contributed by atoms with Crippen molar-refractivity contribution in [2.45, 2.75) is 32.4 Å². The van der Waals surface area contributed by atoms with Crippen LogP contribution in [-0.2, 0) is 16.0 Å². The van der Waals surface area contributed by atoms with Crippen LogP contribution >= 0.6 is 11.6 Å².